The lowest BCUT2D eigenvalue weighted by Gasteiger charge is -1.98. The third-order valence-electron chi connectivity index (χ3n) is 2.28. The highest BCUT2D eigenvalue weighted by atomic mass is 32.2. The van der Waals surface area contributed by atoms with E-state index in [4.69, 9.17) is 10.2 Å². The number of nitrogens with two attached hydrogens (primary N) is 1. The topological polar surface area (TPSA) is 91.1 Å². The van der Waals surface area contributed by atoms with E-state index in [-0.39, 0.29) is 5.75 Å². The van der Waals surface area contributed by atoms with E-state index in [0.29, 0.717) is 17.9 Å². The molecule has 0 unspecified atom stereocenters. The largest absolute Gasteiger partial charge is 0.472 e. The maximum Gasteiger partial charge on any atom is 0.149 e. The van der Waals surface area contributed by atoms with Gasteiger partial charge in [-0.15, -0.1) is 0 Å². The number of hydrogen-bond acceptors (Lipinski definition) is 5. The summed E-state index contributed by atoms with van der Waals surface area (Å²) in [6.07, 6.45) is 5.88. The van der Waals surface area contributed by atoms with Crippen LogP contribution < -0.4 is 5.73 Å². The van der Waals surface area contributed by atoms with E-state index >= 15 is 0 Å². The van der Waals surface area contributed by atoms with Crippen LogP contribution in [0.5, 0.6) is 0 Å². The van der Waals surface area contributed by atoms with Crippen molar-refractivity contribution in [1.82, 2.24) is 9.78 Å². The molecule has 0 spiro atoms. The fourth-order valence-corrected chi connectivity index (χ4v) is 1.95. The normalized spacial score (nSPS) is 11.8. The third-order valence-corrected chi connectivity index (χ3v) is 3.20. The molecule has 0 aliphatic rings. The van der Waals surface area contributed by atoms with Gasteiger partial charge < -0.3 is 10.2 Å². The summed E-state index contributed by atoms with van der Waals surface area (Å²) in [5.74, 6) is 0.0406. The van der Waals surface area contributed by atoms with Crippen LogP contribution >= 0.6 is 0 Å². The number of furan rings is 1. The maximum absolute atomic E-state index is 11.0. The van der Waals surface area contributed by atoms with Gasteiger partial charge in [-0.25, -0.2) is 8.42 Å². The van der Waals surface area contributed by atoms with Gasteiger partial charge in [-0.3, -0.25) is 4.68 Å². The average molecular weight is 255 g/mol. The molecule has 17 heavy (non-hydrogen) atoms. The van der Waals surface area contributed by atoms with Gasteiger partial charge >= 0.3 is 0 Å². The fraction of sp³-hybridized carbons (Fsp3) is 0.300. The molecule has 2 rings (SSSR count). The van der Waals surface area contributed by atoms with E-state index in [1.54, 1.807) is 18.5 Å². The molecule has 0 saturated carbocycles. The Labute approximate surface area is 99.0 Å². The van der Waals surface area contributed by atoms with Crippen LogP contribution in [-0.4, -0.2) is 30.2 Å². The van der Waals surface area contributed by atoms with Gasteiger partial charge in [0.2, 0.25) is 0 Å². The Bertz CT molecular complexity index is 599. The Balaban J connectivity index is 2.20. The van der Waals surface area contributed by atoms with Gasteiger partial charge in [0.1, 0.15) is 15.5 Å². The highest BCUT2D eigenvalue weighted by Gasteiger charge is 2.10. The van der Waals surface area contributed by atoms with Crippen LogP contribution in [0.2, 0.25) is 0 Å². The van der Waals surface area contributed by atoms with Crippen molar-refractivity contribution < 1.29 is 12.8 Å². The second-order valence-electron chi connectivity index (χ2n) is 3.84. The Morgan fingerprint density at radius 1 is 1.53 bits per heavy atom. The summed E-state index contributed by atoms with van der Waals surface area (Å²) in [5.41, 5.74) is 7.68. The lowest BCUT2D eigenvalue weighted by Crippen LogP contribution is -2.11. The van der Waals surface area contributed by atoms with Crippen LogP contribution in [0, 0.1) is 0 Å². The van der Waals surface area contributed by atoms with Crippen molar-refractivity contribution in [2.75, 3.05) is 17.7 Å². The number of aryl methyl sites for hydroxylation is 1. The van der Waals surface area contributed by atoms with Crippen LogP contribution in [-0.2, 0) is 16.4 Å². The number of nitrogens with zero attached hydrogens (tertiary/aromatic N) is 2. The van der Waals surface area contributed by atoms with Gasteiger partial charge in [-0.05, 0) is 6.07 Å². The molecule has 0 aliphatic heterocycles. The molecule has 92 valence electrons. The summed E-state index contributed by atoms with van der Waals surface area (Å²) in [7, 11) is -3.00. The molecule has 0 saturated heterocycles. The van der Waals surface area contributed by atoms with Crippen molar-refractivity contribution in [3.05, 3.63) is 24.8 Å². The molecule has 0 radical (unpaired) electrons. The number of nitrogen functional groups attached to an aromatic ring is 1. The second kappa shape index (κ2) is 4.25. The minimum absolute atomic E-state index is 0.0406. The first-order chi connectivity index (χ1) is 7.96. The molecule has 0 amide bonds. The van der Waals surface area contributed by atoms with E-state index in [1.807, 2.05) is 0 Å². The molecular formula is C10H13N3O3S. The summed E-state index contributed by atoms with van der Waals surface area (Å²) in [4.78, 5) is 0. The summed E-state index contributed by atoms with van der Waals surface area (Å²) < 4.78 is 28.5. The third kappa shape index (κ3) is 2.88. The van der Waals surface area contributed by atoms with Gasteiger partial charge in [0.15, 0.2) is 0 Å². The molecule has 2 N–H and O–H groups in total. The molecule has 0 fully saturated rings. The SMILES string of the molecule is CS(=O)(=O)CCn1cc(N)c(-c2ccoc2)n1. The summed E-state index contributed by atoms with van der Waals surface area (Å²) in [6, 6.07) is 1.75. The number of hydrogen-bond donors (Lipinski definition) is 1. The van der Waals surface area contributed by atoms with E-state index in [1.165, 1.54) is 17.2 Å². The average Bonchev–Trinajstić information content (AvgIpc) is 2.82. The van der Waals surface area contributed by atoms with E-state index in [2.05, 4.69) is 5.10 Å². The molecule has 0 atom stereocenters. The van der Waals surface area contributed by atoms with Crippen molar-refractivity contribution >= 4 is 15.5 Å². The Morgan fingerprint density at radius 3 is 2.88 bits per heavy atom. The van der Waals surface area contributed by atoms with E-state index in [0.717, 1.165) is 5.56 Å². The Hall–Kier alpha value is -1.76. The lowest BCUT2D eigenvalue weighted by molar-refractivity contribution is 0.567. The zero-order chi connectivity index (χ0) is 12.5. The van der Waals surface area contributed by atoms with Crippen LogP contribution in [0.1, 0.15) is 0 Å². The van der Waals surface area contributed by atoms with Gasteiger partial charge in [0.25, 0.3) is 0 Å². The Morgan fingerprint density at radius 2 is 2.29 bits per heavy atom. The zero-order valence-electron chi connectivity index (χ0n) is 9.33. The van der Waals surface area contributed by atoms with Crippen LogP contribution in [0.15, 0.2) is 29.2 Å². The number of anilines is 1. The van der Waals surface area contributed by atoms with Gasteiger partial charge in [-0.2, -0.15) is 5.10 Å². The van der Waals surface area contributed by atoms with Crippen molar-refractivity contribution in [3.63, 3.8) is 0 Å². The van der Waals surface area contributed by atoms with Crippen molar-refractivity contribution in [1.29, 1.82) is 0 Å². The van der Waals surface area contributed by atoms with Gasteiger partial charge in [-0.1, -0.05) is 0 Å². The Kier molecular flexibility index (Phi) is 2.93. The first-order valence-electron chi connectivity index (χ1n) is 4.99. The van der Waals surface area contributed by atoms with E-state index < -0.39 is 9.84 Å². The fourth-order valence-electron chi connectivity index (χ4n) is 1.43. The van der Waals surface area contributed by atoms with Crippen LogP contribution in [0.25, 0.3) is 11.3 Å². The van der Waals surface area contributed by atoms with Crippen LogP contribution in [0.4, 0.5) is 5.69 Å². The molecular weight excluding hydrogens is 242 g/mol. The standard InChI is InChI=1S/C10H13N3O3S/c1-17(14,15)5-3-13-6-9(11)10(12-13)8-2-4-16-7-8/h2,4,6-7H,3,5,11H2,1H3. The number of sulfone groups is 1. The quantitative estimate of drug-likeness (QED) is 0.871. The zero-order valence-corrected chi connectivity index (χ0v) is 10.1. The molecule has 2 aromatic rings. The lowest BCUT2D eigenvalue weighted by atomic mass is 10.2. The predicted molar refractivity (Wildman–Crippen MR) is 64.1 cm³/mol. The highest BCUT2D eigenvalue weighted by Crippen LogP contribution is 2.23. The van der Waals surface area contributed by atoms with Crippen molar-refractivity contribution in [2.45, 2.75) is 6.54 Å². The highest BCUT2D eigenvalue weighted by molar-refractivity contribution is 7.90. The van der Waals surface area contributed by atoms with Crippen molar-refractivity contribution in [2.24, 2.45) is 0 Å². The van der Waals surface area contributed by atoms with Crippen LogP contribution in [0.3, 0.4) is 0 Å². The monoisotopic (exact) mass is 255 g/mol. The summed E-state index contributed by atoms with van der Waals surface area (Å²) in [6.45, 7) is 0.293. The molecule has 0 bridgehead atoms. The minimum Gasteiger partial charge on any atom is -0.472 e. The first-order valence-corrected chi connectivity index (χ1v) is 7.05. The summed E-state index contributed by atoms with van der Waals surface area (Å²) >= 11 is 0. The molecule has 2 aromatic heterocycles. The molecule has 6 nitrogen and oxygen atoms in total. The molecule has 2 heterocycles. The predicted octanol–water partition coefficient (Wildman–Crippen LogP) is 0.770. The maximum atomic E-state index is 11.0. The van der Waals surface area contributed by atoms with E-state index in [9.17, 15) is 8.42 Å². The minimum atomic E-state index is -3.00. The van der Waals surface area contributed by atoms with Gasteiger partial charge in [0, 0.05) is 18.0 Å². The second-order valence-corrected chi connectivity index (χ2v) is 6.10. The molecule has 7 heteroatoms. The molecule has 0 aliphatic carbocycles. The number of aromatic nitrogens is 2. The van der Waals surface area contributed by atoms with Gasteiger partial charge in [0.05, 0.1) is 30.5 Å². The summed E-state index contributed by atoms with van der Waals surface area (Å²) in [5, 5.41) is 4.22. The smallest absolute Gasteiger partial charge is 0.149 e. The molecule has 0 aromatic carbocycles. The van der Waals surface area contributed by atoms with Crippen molar-refractivity contribution in [3.8, 4) is 11.3 Å². The first kappa shape index (κ1) is 11.7. The number of rotatable bonds is 4.